The van der Waals surface area contributed by atoms with Gasteiger partial charge in [0.25, 0.3) is 0 Å². The highest BCUT2D eigenvalue weighted by atomic mass is 16.5. The molecule has 0 fully saturated rings. The first-order valence-electron chi connectivity index (χ1n) is 10.9. The maximum atomic E-state index is 13.0. The van der Waals surface area contributed by atoms with Crippen molar-refractivity contribution >= 4 is 5.91 Å². The molecule has 0 bridgehead atoms. The second kappa shape index (κ2) is 8.69. The summed E-state index contributed by atoms with van der Waals surface area (Å²) in [5, 5.41) is 7.97. The Morgan fingerprint density at radius 1 is 1.16 bits per heavy atom. The van der Waals surface area contributed by atoms with Crippen molar-refractivity contribution in [3.05, 3.63) is 71.0 Å². The first-order chi connectivity index (χ1) is 15.3. The van der Waals surface area contributed by atoms with Gasteiger partial charge >= 0.3 is 0 Å². The van der Waals surface area contributed by atoms with Crippen LogP contribution in [0.25, 0.3) is 5.69 Å². The SMILES string of the molecule is COc1ccc(CC(=O)N[C@H]2CC(C)(C)Cc3c2cnn3-c2ccccc2C)cc1OC. The molecule has 4 rings (SSSR count). The number of hydrogen-bond donors (Lipinski definition) is 1. The summed E-state index contributed by atoms with van der Waals surface area (Å²) in [7, 11) is 3.20. The Hall–Kier alpha value is -3.28. The zero-order chi connectivity index (χ0) is 22.9. The molecule has 1 aliphatic carbocycles. The molecule has 2 aromatic carbocycles. The molecule has 0 unspecified atom stereocenters. The van der Waals surface area contributed by atoms with Crippen molar-refractivity contribution < 1.29 is 14.3 Å². The molecular formula is C26H31N3O3. The van der Waals surface area contributed by atoms with E-state index in [0.717, 1.165) is 29.7 Å². The third-order valence-corrected chi connectivity index (χ3v) is 6.17. The minimum Gasteiger partial charge on any atom is -0.493 e. The molecule has 1 aliphatic rings. The highest BCUT2D eigenvalue weighted by molar-refractivity contribution is 5.79. The van der Waals surface area contributed by atoms with Gasteiger partial charge in [0.05, 0.1) is 44.3 Å². The first-order valence-corrected chi connectivity index (χ1v) is 10.9. The summed E-state index contributed by atoms with van der Waals surface area (Å²) < 4.78 is 12.7. The molecule has 0 spiro atoms. The Kier molecular flexibility index (Phi) is 5.96. The number of amides is 1. The number of aromatic nitrogens is 2. The molecule has 6 heteroatoms. The van der Waals surface area contributed by atoms with E-state index in [2.05, 4.69) is 38.2 Å². The highest BCUT2D eigenvalue weighted by Gasteiger charge is 2.36. The Labute approximate surface area is 189 Å². The van der Waals surface area contributed by atoms with Crippen molar-refractivity contribution in [1.82, 2.24) is 15.1 Å². The van der Waals surface area contributed by atoms with Gasteiger partial charge in [0.15, 0.2) is 11.5 Å². The molecule has 168 valence electrons. The minimum absolute atomic E-state index is 0.0190. The van der Waals surface area contributed by atoms with Gasteiger partial charge in [-0.3, -0.25) is 4.79 Å². The number of benzene rings is 2. The molecule has 0 aliphatic heterocycles. The van der Waals surface area contributed by atoms with Gasteiger partial charge in [-0.25, -0.2) is 4.68 Å². The monoisotopic (exact) mass is 433 g/mol. The molecule has 32 heavy (non-hydrogen) atoms. The van der Waals surface area contributed by atoms with E-state index in [1.165, 1.54) is 11.3 Å². The number of carbonyl (C=O) groups excluding carboxylic acids is 1. The molecule has 1 aromatic heterocycles. The fraction of sp³-hybridized carbons (Fsp3) is 0.385. The molecule has 0 radical (unpaired) electrons. The number of carbonyl (C=O) groups is 1. The van der Waals surface area contributed by atoms with Gasteiger partial charge in [0, 0.05) is 5.56 Å². The summed E-state index contributed by atoms with van der Waals surface area (Å²) >= 11 is 0. The van der Waals surface area contributed by atoms with Gasteiger partial charge in [-0.1, -0.05) is 38.1 Å². The zero-order valence-corrected chi connectivity index (χ0v) is 19.4. The third-order valence-electron chi connectivity index (χ3n) is 6.17. The fourth-order valence-electron chi connectivity index (χ4n) is 4.60. The smallest absolute Gasteiger partial charge is 0.224 e. The summed E-state index contributed by atoms with van der Waals surface area (Å²) in [6, 6.07) is 13.8. The van der Waals surface area contributed by atoms with Crippen LogP contribution in [0.3, 0.4) is 0 Å². The lowest BCUT2D eigenvalue weighted by Gasteiger charge is -2.36. The lowest BCUT2D eigenvalue weighted by Crippen LogP contribution is -2.37. The van der Waals surface area contributed by atoms with Crippen LogP contribution in [0.4, 0.5) is 0 Å². The predicted molar refractivity (Wildman–Crippen MR) is 125 cm³/mol. The predicted octanol–water partition coefficient (Wildman–Crippen LogP) is 4.57. The van der Waals surface area contributed by atoms with Crippen molar-refractivity contribution in [1.29, 1.82) is 0 Å². The van der Waals surface area contributed by atoms with Crippen molar-refractivity contribution in [2.24, 2.45) is 5.41 Å². The number of fused-ring (bicyclic) bond motifs is 1. The van der Waals surface area contributed by atoms with Crippen molar-refractivity contribution in [3.63, 3.8) is 0 Å². The number of rotatable bonds is 6. The standard InChI is InChI=1S/C26H31N3O3/c1-17-8-6-7-9-21(17)29-22-15-26(2,3)14-20(19(22)16-27-29)28-25(30)13-18-10-11-23(31-4)24(12-18)32-5/h6-12,16,20H,13-15H2,1-5H3,(H,28,30)/t20-/m0/s1. The Morgan fingerprint density at radius 3 is 2.62 bits per heavy atom. The largest absolute Gasteiger partial charge is 0.493 e. The lowest BCUT2D eigenvalue weighted by atomic mass is 9.74. The molecular weight excluding hydrogens is 402 g/mol. The van der Waals surface area contributed by atoms with E-state index in [1.54, 1.807) is 14.2 Å². The van der Waals surface area contributed by atoms with E-state index in [4.69, 9.17) is 14.6 Å². The summed E-state index contributed by atoms with van der Waals surface area (Å²) in [4.78, 5) is 13.0. The van der Waals surface area contributed by atoms with Crippen molar-refractivity contribution in [2.75, 3.05) is 14.2 Å². The number of aryl methyl sites for hydroxylation is 1. The number of hydrogen-bond acceptors (Lipinski definition) is 4. The quantitative estimate of drug-likeness (QED) is 0.618. The minimum atomic E-state index is -0.0702. The molecule has 0 saturated carbocycles. The summed E-state index contributed by atoms with van der Waals surface area (Å²) in [5.41, 5.74) is 5.47. The van der Waals surface area contributed by atoms with E-state index < -0.39 is 0 Å². The number of nitrogens with one attached hydrogen (secondary N) is 1. The second-order valence-corrected chi connectivity index (χ2v) is 9.28. The van der Waals surface area contributed by atoms with E-state index in [9.17, 15) is 4.79 Å². The number of methoxy groups -OCH3 is 2. The van der Waals surface area contributed by atoms with Gasteiger partial charge in [-0.15, -0.1) is 0 Å². The maximum absolute atomic E-state index is 13.0. The van der Waals surface area contributed by atoms with Crippen LogP contribution in [0.15, 0.2) is 48.7 Å². The summed E-state index contributed by atoms with van der Waals surface area (Å²) in [6.45, 7) is 6.59. The first kappa shape index (κ1) is 21.9. The van der Waals surface area contributed by atoms with Crippen molar-refractivity contribution in [2.45, 2.75) is 46.1 Å². The summed E-state index contributed by atoms with van der Waals surface area (Å²) in [5.74, 6) is 1.26. The third kappa shape index (κ3) is 4.35. The molecule has 1 atom stereocenters. The van der Waals surface area contributed by atoms with Crippen LogP contribution >= 0.6 is 0 Å². The summed E-state index contributed by atoms with van der Waals surface area (Å²) in [6.07, 6.45) is 3.98. The average molecular weight is 434 g/mol. The van der Waals surface area contributed by atoms with Crippen LogP contribution in [0, 0.1) is 12.3 Å². The second-order valence-electron chi connectivity index (χ2n) is 9.28. The van der Waals surface area contributed by atoms with Crippen LogP contribution in [0.1, 0.15) is 48.7 Å². The van der Waals surface area contributed by atoms with Gasteiger partial charge in [-0.05, 0) is 54.5 Å². The van der Waals surface area contributed by atoms with Crippen LogP contribution in [-0.4, -0.2) is 29.9 Å². The van der Waals surface area contributed by atoms with E-state index in [0.29, 0.717) is 11.5 Å². The maximum Gasteiger partial charge on any atom is 0.224 e. The Bertz CT molecular complexity index is 1130. The van der Waals surface area contributed by atoms with Crippen LogP contribution in [0.5, 0.6) is 11.5 Å². The van der Waals surface area contributed by atoms with E-state index in [1.807, 2.05) is 41.2 Å². The number of nitrogens with zero attached hydrogens (tertiary/aromatic N) is 2. The number of ether oxygens (including phenoxy) is 2. The van der Waals surface area contributed by atoms with Crippen LogP contribution in [0.2, 0.25) is 0 Å². The zero-order valence-electron chi connectivity index (χ0n) is 19.4. The van der Waals surface area contributed by atoms with Crippen LogP contribution < -0.4 is 14.8 Å². The Morgan fingerprint density at radius 2 is 1.91 bits per heavy atom. The lowest BCUT2D eigenvalue weighted by molar-refractivity contribution is -0.121. The number of para-hydroxylation sites is 1. The normalized spacial score (nSPS) is 16.8. The molecule has 1 amide bonds. The van der Waals surface area contributed by atoms with Gasteiger partial charge in [-0.2, -0.15) is 5.10 Å². The topological polar surface area (TPSA) is 65.4 Å². The van der Waals surface area contributed by atoms with Gasteiger partial charge < -0.3 is 14.8 Å². The fourth-order valence-corrected chi connectivity index (χ4v) is 4.60. The van der Waals surface area contributed by atoms with Gasteiger partial charge in [0.1, 0.15) is 0 Å². The van der Waals surface area contributed by atoms with Crippen molar-refractivity contribution in [3.8, 4) is 17.2 Å². The molecule has 1 N–H and O–H groups in total. The van der Waals surface area contributed by atoms with Crippen LogP contribution in [-0.2, 0) is 17.6 Å². The molecule has 3 aromatic rings. The highest BCUT2D eigenvalue weighted by Crippen LogP contribution is 2.41. The van der Waals surface area contributed by atoms with E-state index >= 15 is 0 Å². The van der Waals surface area contributed by atoms with Gasteiger partial charge in [0.2, 0.25) is 5.91 Å². The Balaban J connectivity index is 1.58. The molecule has 1 heterocycles. The average Bonchev–Trinajstić information content (AvgIpc) is 3.16. The molecule has 6 nitrogen and oxygen atoms in total. The molecule has 0 saturated heterocycles. The van der Waals surface area contributed by atoms with E-state index in [-0.39, 0.29) is 23.8 Å².